The first-order valence-electron chi connectivity index (χ1n) is 3.64. The Bertz CT molecular complexity index is 400. The second kappa shape index (κ2) is 4.35. The summed E-state index contributed by atoms with van der Waals surface area (Å²) in [5.74, 6) is -0.609. The molecule has 0 atom stereocenters. The van der Waals surface area contributed by atoms with Crippen LogP contribution in [0.3, 0.4) is 0 Å². The molecule has 0 amide bonds. The lowest BCUT2D eigenvalue weighted by Gasteiger charge is -2.07. The Morgan fingerprint density at radius 1 is 1.67 bits per heavy atom. The fourth-order valence-corrected chi connectivity index (χ4v) is 1.21. The third-order valence-electron chi connectivity index (χ3n) is 1.58. The highest BCUT2D eigenvalue weighted by molar-refractivity contribution is 6.32. The zero-order valence-electron chi connectivity index (χ0n) is 7.41. The Balaban J connectivity index is 3.47. The van der Waals surface area contributed by atoms with Crippen LogP contribution in [-0.2, 0) is 0 Å². The van der Waals surface area contributed by atoms with E-state index in [2.05, 4.69) is 9.72 Å². The number of pyridine rings is 1. The average molecular weight is 239 g/mol. The number of halogens is 3. The van der Waals surface area contributed by atoms with Gasteiger partial charge in [-0.25, -0.2) is 13.8 Å². The molecule has 1 heterocycles. The molecule has 0 saturated carbocycles. The standard InChI is InChI=1S/C7H5ClF2N2O3/c1-15-6-4(7(9)10)11-2-3(8)5(6)12(13)14/h2,7H,1H3. The van der Waals surface area contributed by atoms with Gasteiger partial charge in [0.05, 0.1) is 18.2 Å². The molecule has 5 nitrogen and oxygen atoms in total. The molecule has 0 aliphatic carbocycles. The lowest BCUT2D eigenvalue weighted by atomic mass is 10.3. The van der Waals surface area contributed by atoms with Gasteiger partial charge in [-0.2, -0.15) is 0 Å². The summed E-state index contributed by atoms with van der Waals surface area (Å²) < 4.78 is 29.3. The molecule has 0 N–H and O–H groups in total. The smallest absolute Gasteiger partial charge is 0.333 e. The molecule has 0 aliphatic heterocycles. The summed E-state index contributed by atoms with van der Waals surface area (Å²) in [6, 6.07) is 0. The molecule has 1 aromatic rings. The van der Waals surface area contributed by atoms with E-state index in [1.54, 1.807) is 0 Å². The quantitative estimate of drug-likeness (QED) is 0.600. The zero-order chi connectivity index (χ0) is 11.6. The van der Waals surface area contributed by atoms with E-state index in [0.29, 0.717) is 0 Å². The highest BCUT2D eigenvalue weighted by Gasteiger charge is 2.28. The van der Waals surface area contributed by atoms with Crippen LogP contribution in [0.4, 0.5) is 14.5 Å². The van der Waals surface area contributed by atoms with E-state index in [1.165, 1.54) is 0 Å². The van der Waals surface area contributed by atoms with Crippen LogP contribution in [0, 0.1) is 10.1 Å². The van der Waals surface area contributed by atoms with E-state index in [1.807, 2.05) is 0 Å². The number of hydrogen-bond donors (Lipinski definition) is 0. The maximum absolute atomic E-state index is 12.4. The predicted molar refractivity (Wildman–Crippen MR) is 47.4 cm³/mol. The molecule has 0 bridgehead atoms. The second-order valence-corrected chi connectivity index (χ2v) is 2.84. The lowest BCUT2D eigenvalue weighted by molar-refractivity contribution is -0.385. The number of ether oxygens (including phenoxy) is 1. The number of aromatic nitrogens is 1. The summed E-state index contributed by atoms with van der Waals surface area (Å²) in [5.41, 5.74) is -1.50. The molecule has 82 valence electrons. The van der Waals surface area contributed by atoms with Gasteiger partial charge in [-0.15, -0.1) is 0 Å². The Morgan fingerprint density at radius 3 is 2.67 bits per heavy atom. The summed E-state index contributed by atoms with van der Waals surface area (Å²) in [6.45, 7) is 0. The van der Waals surface area contributed by atoms with Crippen molar-refractivity contribution < 1.29 is 18.4 Å². The lowest BCUT2D eigenvalue weighted by Crippen LogP contribution is -2.01. The van der Waals surface area contributed by atoms with Crippen molar-refractivity contribution in [3.05, 3.63) is 27.0 Å². The van der Waals surface area contributed by atoms with Crippen molar-refractivity contribution in [2.75, 3.05) is 7.11 Å². The molecule has 0 fully saturated rings. The Labute approximate surface area is 87.8 Å². The highest BCUT2D eigenvalue weighted by Crippen LogP contribution is 2.39. The number of rotatable bonds is 3. The van der Waals surface area contributed by atoms with Gasteiger partial charge in [-0.3, -0.25) is 10.1 Å². The molecule has 15 heavy (non-hydrogen) atoms. The first-order valence-corrected chi connectivity index (χ1v) is 4.01. The van der Waals surface area contributed by atoms with Crippen LogP contribution in [0.15, 0.2) is 6.20 Å². The van der Waals surface area contributed by atoms with Crippen LogP contribution in [-0.4, -0.2) is 17.0 Å². The largest absolute Gasteiger partial charge is 0.489 e. The normalized spacial score (nSPS) is 10.5. The Morgan fingerprint density at radius 2 is 2.27 bits per heavy atom. The van der Waals surface area contributed by atoms with Gasteiger partial charge in [-0.1, -0.05) is 11.6 Å². The van der Waals surface area contributed by atoms with Gasteiger partial charge in [0.2, 0.25) is 5.75 Å². The fraction of sp³-hybridized carbons (Fsp3) is 0.286. The number of nitrogens with zero attached hydrogens (tertiary/aromatic N) is 2. The molecule has 1 rings (SSSR count). The summed E-state index contributed by atoms with van der Waals surface area (Å²) >= 11 is 5.45. The average Bonchev–Trinajstić information content (AvgIpc) is 2.15. The molecule has 0 aromatic carbocycles. The maximum Gasteiger partial charge on any atom is 0.333 e. The van der Waals surface area contributed by atoms with Crippen LogP contribution < -0.4 is 4.74 Å². The van der Waals surface area contributed by atoms with Crippen molar-refractivity contribution >= 4 is 17.3 Å². The number of nitro groups is 1. The van der Waals surface area contributed by atoms with Crippen molar-refractivity contribution in [1.29, 1.82) is 0 Å². The van der Waals surface area contributed by atoms with Crippen molar-refractivity contribution in [3.8, 4) is 5.75 Å². The van der Waals surface area contributed by atoms with Gasteiger partial charge < -0.3 is 4.74 Å². The minimum absolute atomic E-state index is 0.346. The van der Waals surface area contributed by atoms with Crippen molar-refractivity contribution in [1.82, 2.24) is 4.98 Å². The summed E-state index contributed by atoms with van der Waals surface area (Å²) in [5, 5.41) is 10.2. The van der Waals surface area contributed by atoms with Crippen molar-refractivity contribution in [2.24, 2.45) is 0 Å². The van der Waals surface area contributed by atoms with E-state index in [0.717, 1.165) is 13.3 Å². The van der Waals surface area contributed by atoms with Crippen LogP contribution in [0.2, 0.25) is 5.02 Å². The van der Waals surface area contributed by atoms with Gasteiger partial charge in [0.25, 0.3) is 6.43 Å². The van der Waals surface area contributed by atoms with Crippen molar-refractivity contribution in [3.63, 3.8) is 0 Å². The minimum Gasteiger partial charge on any atom is -0.489 e. The van der Waals surface area contributed by atoms with Gasteiger partial charge in [-0.05, 0) is 0 Å². The molecule has 0 aliphatic rings. The topological polar surface area (TPSA) is 65.3 Å². The summed E-state index contributed by atoms with van der Waals surface area (Å²) in [6.07, 6.45) is -2.17. The van der Waals surface area contributed by atoms with Crippen LogP contribution in [0.5, 0.6) is 5.75 Å². The molecular formula is C7H5ClF2N2O3. The SMILES string of the molecule is COc1c(C(F)F)ncc(Cl)c1[N+](=O)[O-]. The zero-order valence-corrected chi connectivity index (χ0v) is 8.16. The molecule has 0 saturated heterocycles. The minimum atomic E-state index is -2.96. The molecular weight excluding hydrogens is 234 g/mol. The number of methoxy groups -OCH3 is 1. The van der Waals surface area contributed by atoms with E-state index in [9.17, 15) is 18.9 Å². The number of alkyl halides is 2. The second-order valence-electron chi connectivity index (χ2n) is 2.43. The van der Waals surface area contributed by atoms with E-state index < -0.39 is 28.5 Å². The first kappa shape index (κ1) is 11.6. The number of hydrogen-bond acceptors (Lipinski definition) is 4. The molecule has 1 aromatic heterocycles. The fourth-order valence-electron chi connectivity index (χ4n) is 1.00. The molecule has 0 radical (unpaired) electrons. The maximum atomic E-state index is 12.4. The van der Waals surface area contributed by atoms with Gasteiger partial charge in [0.15, 0.2) is 5.69 Å². The van der Waals surface area contributed by atoms with Crippen molar-refractivity contribution in [2.45, 2.75) is 6.43 Å². The van der Waals surface area contributed by atoms with E-state index >= 15 is 0 Å². The monoisotopic (exact) mass is 238 g/mol. The molecule has 8 heteroatoms. The van der Waals surface area contributed by atoms with E-state index in [-0.39, 0.29) is 5.02 Å². The van der Waals surface area contributed by atoms with Crippen LogP contribution >= 0.6 is 11.6 Å². The van der Waals surface area contributed by atoms with Gasteiger partial charge >= 0.3 is 5.69 Å². The summed E-state index contributed by atoms with van der Waals surface area (Å²) in [4.78, 5) is 12.9. The van der Waals surface area contributed by atoms with E-state index in [4.69, 9.17) is 11.6 Å². The summed E-state index contributed by atoms with van der Waals surface area (Å²) in [7, 11) is 1.03. The Hall–Kier alpha value is -1.50. The third kappa shape index (κ3) is 2.12. The molecule has 0 unspecified atom stereocenters. The Kier molecular flexibility index (Phi) is 3.35. The first-order chi connectivity index (χ1) is 6.99. The van der Waals surface area contributed by atoms with Gasteiger partial charge in [0, 0.05) is 0 Å². The highest BCUT2D eigenvalue weighted by atomic mass is 35.5. The third-order valence-corrected chi connectivity index (χ3v) is 1.86. The van der Waals surface area contributed by atoms with Gasteiger partial charge in [0.1, 0.15) is 5.02 Å². The van der Waals surface area contributed by atoms with Crippen LogP contribution in [0.1, 0.15) is 12.1 Å². The predicted octanol–water partition coefficient (Wildman–Crippen LogP) is 2.59. The van der Waals surface area contributed by atoms with Crippen LogP contribution in [0.25, 0.3) is 0 Å². The molecule has 0 spiro atoms.